The third kappa shape index (κ3) is 4.63. The van der Waals surface area contributed by atoms with Crippen molar-refractivity contribution in [3.05, 3.63) is 29.3 Å². The normalized spacial score (nSPS) is 9.94. The Kier molecular flexibility index (Phi) is 6.00. The van der Waals surface area contributed by atoms with Crippen molar-refractivity contribution in [3.63, 3.8) is 0 Å². The average Bonchev–Trinajstić information content (AvgIpc) is 2.37. The molecule has 0 atom stereocenters. The van der Waals surface area contributed by atoms with Crippen molar-refractivity contribution >= 4 is 6.09 Å². The second-order valence-corrected chi connectivity index (χ2v) is 3.96. The fourth-order valence-electron chi connectivity index (χ4n) is 1.51. The summed E-state index contributed by atoms with van der Waals surface area (Å²) in [5.41, 5.74) is 7.27. The number of carbonyl (C=O) groups is 1. The van der Waals surface area contributed by atoms with Crippen LogP contribution < -0.4 is 15.8 Å². The van der Waals surface area contributed by atoms with E-state index in [1.807, 2.05) is 25.1 Å². The second-order valence-electron chi connectivity index (χ2n) is 3.96. The molecule has 1 rings (SSSR count). The number of ether oxygens (including phenoxy) is 2. The van der Waals surface area contributed by atoms with Crippen molar-refractivity contribution in [3.8, 4) is 5.75 Å². The van der Waals surface area contributed by atoms with Gasteiger partial charge in [-0.2, -0.15) is 0 Å². The summed E-state index contributed by atoms with van der Waals surface area (Å²) >= 11 is 0. The summed E-state index contributed by atoms with van der Waals surface area (Å²) in [7, 11) is 1.59. The van der Waals surface area contributed by atoms with Crippen molar-refractivity contribution in [1.29, 1.82) is 0 Å². The van der Waals surface area contributed by atoms with Crippen LogP contribution in [0.5, 0.6) is 5.75 Å². The lowest BCUT2D eigenvalue weighted by Gasteiger charge is -2.10. The summed E-state index contributed by atoms with van der Waals surface area (Å²) in [6, 6.07) is 5.75. The lowest BCUT2D eigenvalue weighted by Crippen LogP contribution is -2.26. The molecule has 0 aliphatic heterocycles. The Labute approximate surface area is 107 Å². The third-order valence-electron chi connectivity index (χ3n) is 2.44. The Morgan fingerprint density at radius 1 is 1.44 bits per heavy atom. The van der Waals surface area contributed by atoms with Crippen LogP contribution in [0.15, 0.2) is 18.2 Å². The van der Waals surface area contributed by atoms with Crippen LogP contribution in [-0.2, 0) is 11.3 Å². The number of hydrogen-bond donors (Lipinski definition) is 2. The van der Waals surface area contributed by atoms with Crippen LogP contribution in [0.25, 0.3) is 0 Å². The van der Waals surface area contributed by atoms with Gasteiger partial charge in [-0.1, -0.05) is 11.6 Å². The molecule has 0 saturated carbocycles. The predicted molar refractivity (Wildman–Crippen MR) is 69.6 cm³/mol. The van der Waals surface area contributed by atoms with Crippen LogP contribution in [0, 0.1) is 6.92 Å². The summed E-state index contributed by atoms with van der Waals surface area (Å²) < 4.78 is 10.3. The molecule has 100 valence electrons. The predicted octanol–water partition coefficient (Wildman–Crippen LogP) is 1.58. The van der Waals surface area contributed by atoms with E-state index in [1.54, 1.807) is 7.11 Å². The zero-order valence-corrected chi connectivity index (χ0v) is 10.9. The summed E-state index contributed by atoms with van der Waals surface area (Å²) in [4.78, 5) is 11.4. The molecule has 0 heterocycles. The molecule has 1 aromatic rings. The molecule has 5 heteroatoms. The quantitative estimate of drug-likeness (QED) is 0.754. The minimum atomic E-state index is -0.438. The van der Waals surface area contributed by atoms with Crippen molar-refractivity contribution < 1.29 is 14.3 Å². The summed E-state index contributed by atoms with van der Waals surface area (Å²) in [5.74, 6) is 0.718. The summed E-state index contributed by atoms with van der Waals surface area (Å²) in [6.07, 6.45) is 0.301. The van der Waals surface area contributed by atoms with Gasteiger partial charge in [0.1, 0.15) is 12.4 Å². The largest absolute Gasteiger partial charge is 0.496 e. The second kappa shape index (κ2) is 7.55. The van der Waals surface area contributed by atoms with E-state index >= 15 is 0 Å². The lowest BCUT2D eigenvalue weighted by atomic mass is 10.1. The first-order valence-electron chi connectivity index (χ1n) is 5.91. The van der Waals surface area contributed by atoms with E-state index in [-0.39, 0.29) is 6.61 Å². The van der Waals surface area contributed by atoms with Crippen molar-refractivity contribution in [2.75, 3.05) is 20.2 Å². The van der Waals surface area contributed by atoms with Gasteiger partial charge in [-0.15, -0.1) is 0 Å². The van der Waals surface area contributed by atoms with E-state index in [9.17, 15) is 4.79 Å². The van der Waals surface area contributed by atoms with Gasteiger partial charge in [0, 0.05) is 12.1 Å². The van der Waals surface area contributed by atoms with E-state index in [1.165, 1.54) is 0 Å². The number of rotatable bonds is 6. The molecule has 0 bridgehead atoms. The molecule has 0 aliphatic rings. The van der Waals surface area contributed by atoms with E-state index in [0.717, 1.165) is 23.3 Å². The standard InChI is InChI=1S/C13H20N2O3/c1-10-4-5-12(17-2)11(8-10)9-18-13(16)15-7-3-6-14/h4-5,8H,3,6-7,9,14H2,1-2H3,(H,15,16). The van der Waals surface area contributed by atoms with Crippen LogP contribution in [0.2, 0.25) is 0 Å². The van der Waals surface area contributed by atoms with E-state index in [0.29, 0.717) is 13.1 Å². The average molecular weight is 252 g/mol. The maximum atomic E-state index is 11.4. The Bertz CT molecular complexity index is 394. The first-order chi connectivity index (χ1) is 8.67. The number of nitrogens with two attached hydrogens (primary N) is 1. The number of hydrogen-bond acceptors (Lipinski definition) is 4. The molecule has 0 radical (unpaired) electrons. The summed E-state index contributed by atoms with van der Waals surface area (Å²) in [5, 5.41) is 2.62. The van der Waals surface area contributed by atoms with E-state index in [2.05, 4.69) is 5.32 Å². The molecular formula is C13H20N2O3. The molecule has 1 amide bonds. The Morgan fingerprint density at radius 2 is 2.22 bits per heavy atom. The Hall–Kier alpha value is -1.75. The molecule has 0 spiro atoms. The van der Waals surface area contributed by atoms with Crippen LogP contribution in [0.4, 0.5) is 4.79 Å². The Morgan fingerprint density at radius 3 is 2.89 bits per heavy atom. The van der Waals surface area contributed by atoms with Gasteiger partial charge < -0.3 is 20.5 Å². The first-order valence-corrected chi connectivity index (χ1v) is 5.91. The third-order valence-corrected chi connectivity index (χ3v) is 2.44. The van der Waals surface area contributed by atoms with Crippen molar-refractivity contribution in [2.24, 2.45) is 5.73 Å². The van der Waals surface area contributed by atoms with Crippen LogP contribution in [0.3, 0.4) is 0 Å². The Balaban J connectivity index is 2.47. The van der Waals surface area contributed by atoms with Gasteiger partial charge in [0.15, 0.2) is 0 Å². The van der Waals surface area contributed by atoms with Gasteiger partial charge in [0.05, 0.1) is 7.11 Å². The van der Waals surface area contributed by atoms with Gasteiger partial charge in [-0.25, -0.2) is 4.79 Å². The number of amides is 1. The van der Waals surface area contributed by atoms with Gasteiger partial charge >= 0.3 is 6.09 Å². The van der Waals surface area contributed by atoms with E-state index < -0.39 is 6.09 Å². The molecule has 5 nitrogen and oxygen atoms in total. The highest BCUT2D eigenvalue weighted by Gasteiger charge is 2.06. The highest BCUT2D eigenvalue weighted by Crippen LogP contribution is 2.20. The van der Waals surface area contributed by atoms with Crippen molar-refractivity contribution in [2.45, 2.75) is 20.0 Å². The van der Waals surface area contributed by atoms with Crippen LogP contribution in [-0.4, -0.2) is 26.3 Å². The number of alkyl carbamates (subject to hydrolysis) is 1. The minimum Gasteiger partial charge on any atom is -0.496 e. The SMILES string of the molecule is COc1ccc(C)cc1COC(=O)NCCCN. The molecule has 0 saturated heterocycles. The van der Waals surface area contributed by atoms with Gasteiger partial charge in [0.2, 0.25) is 0 Å². The fourth-order valence-corrected chi connectivity index (χ4v) is 1.51. The molecule has 18 heavy (non-hydrogen) atoms. The molecule has 0 fully saturated rings. The number of nitrogens with one attached hydrogen (secondary N) is 1. The van der Waals surface area contributed by atoms with Gasteiger partial charge in [-0.3, -0.25) is 0 Å². The number of carbonyl (C=O) groups excluding carboxylic acids is 1. The molecule has 1 aromatic carbocycles. The van der Waals surface area contributed by atoms with Crippen LogP contribution in [0.1, 0.15) is 17.5 Å². The number of aryl methyl sites for hydroxylation is 1. The molecule has 0 aliphatic carbocycles. The van der Waals surface area contributed by atoms with Gasteiger partial charge in [0.25, 0.3) is 0 Å². The summed E-state index contributed by atoms with van der Waals surface area (Å²) in [6.45, 7) is 3.25. The molecular weight excluding hydrogens is 232 g/mol. The van der Waals surface area contributed by atoms with E-state index in [4.69, 9.17) is 15.2 Å². The fraction of sp³-hybridized carbons (Fsp3) is 0.462. The highest BCUT2D eigenvalue weighted by molar-refractivity contribution is 5.67. The minimum absolute atomic E-state index is 0.194. The zero-order chi connectivity index (χ0) is 13.4. The van der Waals surface area contributed by atoms with Crippen molar-refractivity contribution in [1.82, 2.24) is 5.32 Å². The van der Waals surface area contributed by atoms with Crippen LogP contribution >= 0.6 is 0 Å². The number of benzene rings is 1. The first kappa shape index (κ1) is 14.3. The molecule has 3 N–H and O–H groups in total. The maximum absolute atomic E-state index is 11.4. The highest BCUT2D eigenvalue weighted by atomic mass is 16.5. The van der Waals surface area contributed by atoms with Gasteiger partial charge in [-0.05, 0) is 32.0 Å². The lowest BCUT2D eigenvalue weighted by molar-refractivity contribution is 0.138. The maximum Gasteiger partial charge on any atom is 0.407 e. The number of methoxy groups -OCH3 is 1. The smallest absolute Gasteiger partial charge is 0.407 e. The zero-order valence-electron chi connectivity index (χ0n) is 10.9. The monoisotopic (exact) mass is 252 g/mol. The molecule has 0 unspecified atom stereocenters. The topological polar surface area (TPSA) is 73.6 Å². The molecule has 0 aromatic heterocycles.